The van der Waals surface area contributed by atoms with Crippen molar-refractivity contribution in [3.05, 3.63) is 69.2 Å². The number of esters is 1. The Morgan fingerprint density at radius 1 is 1.20 bits per heavy atom. The average molecular weight is 376 g/mol. The van der Waals surface area contributed by atoms with Gasteiger partial charge in [-0.15, -0.1) is 0 Å². The maximum Gasteiger partial charge on any atom is 0.348 e. The van der Waals surface area contributed by atoms with Crippen LogP contribution < -0.4 is 4.74 Å². The summed E-state index contributed by atoms with van der Waals surface area (Å²) in [6.45, 7) is 2.21. The summed E-state index contributed by atoms with van der Waals surface area (Å²) in [7, 11) is 0. The molecule has 0 heterocycles. The number of carbonyl (C=O) groups is 1. The molecule has 0 amide bonds. The Hall–Kier alpha value is -2.48. The van der Waals surface area contributed by atoms with E-state index in [1.807, 2.05) is 6.07 Å². The molecule has 2 aromatic rings. The van der Waals surface area contributed by atoms with Gasteiger partial charge in [0.1, 0.15) is 24.0 Å². The van der Waals surface area contributed by atoms with Crippen LogP contribution in [0, 0.1) is 11.3 Å². The van der Waals surface area contributed by atoms with Crippen molar-refractivity contribution >= 4 is 35.2 Å². The SMILES string of the molecule is CCOC(=O)/C(C#N)=C\c1ccc(OCc2ccc(Cl)cc2Cl)cc1. The molecule has 25 heavy (non-hydrogen) atoms. The van der Waals surface area contributed by atoms with Crippen LogP contribution in [0.25, 0.3) is 6.08 Å². The Balaban J connectivity index is 2.04. The summed E-state index contributed by atoms with van der Waals surface area (Å²) >= 11 is 12.0. The minimum atomic E-state index is -0.636. The first-order valence-corrected chi connectivity index (χ1v) is 8.24. The first kappa shape index (κ1) is 18.9. The lowest BCUT2D eigenvalue weighted by molar-refractivity contribution is -0.137. The number of carbonyl (C=O) groups excluding carboxylic acids is 1. The molecule has 0 spiro atoms. The highest BCUT2D eigenvalue weighted by Crippen LogP contribution is 2.23. The predicted octanol–water partition coefficient (Wildman–Crippen LogP) is 5.04. The summed E-state index contributed by atoms with van der Waals surface area (Å²) in [4.78, 5) is 11.6. The zero-order chi connectivity index (χ0) is 18.2. The van der Waals surface area contributed by atoms with E-state index in [1.165, 1.54) is 6.08 Å². The molecule has 0 N–H and O–H groups in total. The minimum absolute atomic E-state index is 0.0523. The van der Waals surface area contributed by atoms with E-state index in [4.69, 9.17) is 37.9 Å². The van der Waals surface area contributed by atoms with Gasteiger partial charge in [-0.05, 0) is 42.8 Å². The Morgan fingerprint density at radius 3 is 2.52 bits per heavy atom. The van der Waals surface area contributed by atoms with E-state index in [-0.39, 0.29) is 12.2 Å². The van der Waals surface area contributed by atoms with Crippen molar-refractivity contribution in [1.29, 1.82) is 5.26 Å². The van der Waals surface area contributed by atoms with Crippen molar-refractivity contribution in [2.24, 2.45) is 0 Å². The zero-order valence-electron chi connectivity index (χ0n) is 13.5. The third-order valence-electron chi connectivity index (χ3n) is 3.22. The molecule has 0 fully saturated rings. The Morgan fingerprint density at radius 2 is 1.92 bits per heavy atom. The molecular weight excluding hydrogens is 361 g/mol. The fourth-order valence-corrected chi connectivity index (χ4v) is 2.44. The number of hydrogen-bond acceptors (Lipinski definition) is 4. The molecule has 128 valence electrons. The first-order chi connectivity index (χ1) is 12.0. The highest BCUT2D eigenvalue weighted by molar-refractivity contribution is 6.35. The van der Waals surface area contributed by atoms with Gasteiger partial charge < -0.3 is 9.47 Å². The van der Waals surface area contributed by atoms with Crippen LogP contribution in [-0.2, 0) is 16.1 Å². The van der Waals surface area contributed by atoms with Gasteiger partial charge in [0.05, 0.1) is 6.61 Å². The normalized spacial score (nSPS) is 10.9. The minimum Gasteiger partial charge on any atom is -0.489 e. The van der Waals surface area contributed by atoms with Gasteiger partial charge in [-0.25, -0.2) is 4.79 Å². The standard InChI is InChI=1S/C19H15Cl2NO3/c1-2-24-19(23)15(11-22)9-13-3-7-17(8-4-13)25-12-14-5-6-16(20)10-18(14)21/h3-10H,2,12H2,1H3/b15-9-. The van der Waals surface area contributed by atoms with Gasteiger partial charge in [0.25, 0.3) is 0 Å². The first-order valence-electron chi connectivity index (χ1n) is 7.49. The van der Waals surface area contributed by atoms with E-state index >= 15 is 0 Å². The van der Waals surface area contributed by atoms with Crippen molar-refractivity contribution in [3.8, 4) is 11.8 Å². The van der Waals surface area contributed by atoms with Gasteiger partial charge in [-0.3, -0.25) is 0 Å². The van der Waals surface area contributed by atoms with Gasteiger partial charge in [0.2, 0.25) is 0 Å². The van der Waals surface area contributed by atoms with Gasteiger partial charge in [0, 0.05) is 15.6 Å². The van der Waals surface area contributed by atoms with Gasteiger partial charge in [-0.2, -0.15) is 5.26 Å². The summed E-state index contributed by atoms with van der Waals surface area (Å²) < 4.78 is 10.5. The van der Waals surface area contributed by atoms with Crippen molar-refractivity contribution in [1.82, 2.24) is 0 Å². The van der Waals surface area contributed by atoms with Crippen LogP contribution in [0.2, 0.25) is 10.0 Å². The molecule has 0 aliphatic carbocycles. The second kappa shape index (κ2) is 9.12. The molecule has 0 atom stereocenters. The van der Waals surface area contributed by atoms with Gasteiger partial charge >= 0.3 is 5.97 Å². The molecular formula is C19H15Cl2NO3. The lowest BCUT2D eigenvalue weighted by atomic mass is 10.1. The molecule has 2 aromatic carbocycles. The quantitative estimate of drug-likeness (QED) is 0.403. The summed E-state index contributed by atoms with van der Waals surface area (Å²) in [5.74, 6) is 0.000478. The third-order valence-corrected chi connectivity index (χ3v) is 3.80. The van der Waals surface area contributed by atoms with Crippen molar-refractivity contribution in [2.75, 3.05) is 6.61 Å². The van der Waals surface area contributed by atoms with Crippen LogP contribution in [0.3, 0.4) is 0 Å². The predicted molar refractivity (Wildman–Crippen MR) is 97.5 cm³/mol. The third kappa shape index (κ3) is 5.53. The summed E-state index contributed by atoms with van der Waals surface area (Å²) in [5.41, 5.74) is 1.47. The highest BCUT2D eigenvalue weighted by atomic mass is 35.5. The van der Waals surface area contributed by atoms with E-state index in [9.17, 15) is 4.79 Å². The number of ether oxygens (including phenoxy) is 2. The molecule has 0 aliphatic heterocycles. The van der Waals surface area contributed by atoms with Gasteiger partial charge in [0.15, 0.2) is 0 Å². The number of nitrogens with zero attached hydrogens (tertiary/aromatic N) is 1. The molecule has 0 saturated heterocycles. The number of halogens is 2. The summed E-state index contributed by atoms with van der Waals surface area (Å²) in [6.07, 6.45) is 1.47. The molecule has 2 rings (SSSR count). The fourth-order valence-electron chi connectivity index (χ4n) is 1.97. The molecule has 0 bridgehead atoms. The maximum absolute atomic E-state index is 11.6. The summed E-state index contributed by atoms with van der Waals surface area (Å²) in [6, 6.07) is 14.0. The number of hydrogen-bond donors (Lipinski definition) is 0. The zero-order valence-corrected chi connectivity index (χ0v) is 15.0. The largest absolute Gasteiger partial charge is 0.489 e. The highest BCUT2D eigenvalue weighted by Gasteiger charge is 2.09. The summed E-state index contributed by atoms with van der Waals surface area (Å²) in [5, 5.41) is 10.1. The Bertz CT molecular complexity index is 824. The van der Waals surface area contributed by atoms with Crippen LogP contribution in [0.15, 0.2) is 48.0 Å². The molecule has 0 saturated carbocycles. The molecule has 0 radical (unpaired) electrons. The molecule has 0 unspecified atom stereocenters. The van der Waals surface area contributed by atoms with Crippen LogP contribution in [-0.4, -0.2) is 12.6 Å². The molecule has 4 nitrogen and oxygen atoms in total. The van der Waals surface area contributed by atoms with Crippen LogP contribution in [0.4, 0.5) is 0 Å². The topological polar surface area (TPSA) is 59.3 Å². The van der Waals surface area contributed by atoms with Crippen LogP contribution in [0.5, 0.6) is 5.75 Å². The average Bonchev–Trinajstić information content (AvgIpc) is 2.60. The second-order valence-corrected chi connectivity index (χ2v) is 5.83. The number of nitriles is 1. The van der Waals surface area contributed by atoms with Crippen molar-refractivity contribution < 1.29 is 14.3 Å². The van der Waals surface area contributed by atoms with Crippen molar-refractivity contribution in [2.45, 2.75) is 13.5 Å². The molecule has 6 heteroatoms. The lowest BCUT2D eigenvalue weighted by Crippen LogP contribution is -2.05. The number of benzene rings is 2. The van der Waals surface area contributed by atoms with E-state index < -0.39 is 5.97 Å². The Labute approximate surface area is 156 Å². The van der Waals surface area contributed by atoms with E-state index in [0.717, 1.165) is 5.56 Å². The molecule has 0 aliphatic rings. The number of rotatable bonds is 6. The van der Waals surface area contributed by atoms with E-state index in [2.05, 4.69) is 0 Å². The van der Waals surface area contributed by atoms with Crippen LogP contribution >= 0.6 is 23.2 Å². The van der Waals surface area contributed by atoms with E-state index in [0.29, 0.717) is 28.0 Å². The van der Waals surface area contributed by atoms with Gasteiger partial charge in [-0.1, -0.05) is 41.4 Å². The maximum atomic E-state index is 11.6. The monoisotopic (exact) mass is 375 g/mol. The Kier molecular flexibility index (Phi) is 6.88. The second-order valence-electron chi connectivity index (χ2n) is 4.98. The lowest BCUT2D eigenvalue weighted by Gasteiger charge is -2.08. The van der Waals surface area contributed by atoms with Crippen LogP contribution in [0.1, 0.15) is 18.1 Å². The van der Waals surface area contributed by atoms with Crippen molar-refractivity contribution in [3.63, 3.8) is 0 Å². The molecule has 0 aromatic heterocycles. The fraction of sp³-hybridized carbons (Fsp3) is 0.158. The smallest absolute Gasteiger partial charge is 0.348 e. The van der Waals surface area contributed by atoms with E-state index in [1.54, 1.807) is 49.4 Å².